The van der Waals surface area contributed by atoms with Crippen molar-refractivity contribution in [3.05, 3.63) is 120 Å². The molecule has 3 heteroatoms. The fraction of sp³-hybridized carbons (Fsp3) is 0.0769. The first-order chi connectivity index (χ1) is 14.3. The lowest BCUT2D eigenvalue weighted by Gasteiger charge is -2.40. The molecule has 1 aliphatic heterocycles. The van der Waals surface area contributed by atoms with Crippen LogP contribution in [-0.2, 0) is 10.3 Å². The van der Waals surface area contributed by atoms with Crippen LogP contribution in [0, 0.1) is 0 Å². The minimum atomic E-state index is -0.745. The molecular weight excluding hydrogens is 358 g/mol. The molecule has 2 N–H and O–H groups in total. The molecule has 1 unspecified atom stereocenters. The summed E-state index contributed by atoms with van der Waals surface area (Å²) in [5.74, 6) is 0.241. The van der Waals surface area contributed by atoms with E-state index in [1.165, 1.54) is 5.56 Å². The number of aromatic hydroxyl groups is 1. The molecule has 3 nitrogen and oxygen atoms in total. The summed E-state index contributed by atoms with van der Waals surface area (Å²) < 4.78 is 6.46. The maximum Gasteiger partial charge on any atom is 0.148 e. The molecule has 142 valence electrons. The van der Waals surface area contributed by atoms with Crippen molar-refractivity contribution in [1.82, 2.24) is 0 Å². The third kappa shape index (κ3) is 2.96. The largest absolute Gasteiger partial charge is 0.508 e. The predicted molar refractivity (Wildman–Crippen MR) is 116 cm³/mol. The van der Waals surface area contributed by atoms with Crippen LogP contribution >= 0.6 is 0 Å². The third-order valence-electron chi connectivity index (χ3n) is 5.53. The number of anilines is 1. The van der Waals surface area contributed by atoms with E-state index in [1.807, 2.05) is 42.5 Å². The predicted octanol–water partition coefficient (Wildman–Crippen LogP) is 5.75. The van der Waals surface area contributed by atoms with Crippen LogP contribution < -0.4 is 5.32 Å². The van der Waals surface area contributed by atoms with Crippen LogP contribution in [0.15, 0.2) is 103 Å². The highest BCUT2D eigenvalue weighted by molar-refractivity contribution is 5.67. The van der Waals surface area contributed by atoms with Crippen molar-refractivity contribution in [3.8, 4) is 16.9 Å². The molecule has 0 saturated carbocycles. The molecule has 0 saturated heterocycles. The van der Waals surface area contributed by atoms with E-state index in [2.05, 4.69) is 53.8 Å². The first-order valence-electron chi connectivity index (χ1n) is 9.70. The van der Waals surface area contributed by atoms with Crippen molar-refractivity contribution in [1.29, 1.82) is 0 Å². The van der Waals surface area contributed by atoms with Crippen molar-refractivity contribution in [2.24, 2.45) is 0 Å². The van der Waals surface area contributed by atoms with E-state index in [1.54, 1.807) is 12.1 Å². The van der Waals surface area contributed by atoms with Gasteiger partial charge >= 0.3 is 0 Å². The second-order valence-corrected chi connectivity index (χ2v) is 7.18. The van der Waals surface area contributed by atoms with E-state index in [0.717, 1.165) is 27.9 Å². The quantitative estimate of drug-likeness (QED) is 0.476. The van der Waals surface area contributed by atoms with E-state index in [-0.39, 0.29) is 5.75 Å². The van der Waals surface area contributed by atoms with E-state index in [0.29, 0.717) is 6.73 Å². The first-order valence-corrected chi connectivity index (χ1v) is 9.70. The van der Waals surface area contributed by atoms with Crippen LogP contribution in [0.1, 0.15) is 16.7 Å². The Morgan fingerprint density at radius 3 is 1.97 bits per heavy atom. The second kappa shape index (κ2) is 7.12. The Hall–Kier alpha value is -3.56. The molecule has 0 fully saturated rings. The highest BCUT2D eigenvalue weighted by Crippen LogP contribution is 2.46. The number of benzene rings is 4. The summed E-state index contributed by atoms with van der Waals surface area (Å²) in [6.45, 7) is 0.401. The minimum absolute atomic E-state index is 0.241. The topological polar surface area (TPSA) is 41.5 Å². The number of phenols is 1. The molecule has 5 rings (SSSR count). The van der Waals surface area contributed by atoms with Gasteiger partial charge in [-0.2, -0.15) is 0 Å². The SMILES string of the molecule is Oc1ccc(C2(c3ccc(-c4ccccc4)cc3)OCNc3ccccc32)cc1. The molecule has 1 aliphatic rings. The lowest BCUT2D eigenvalue weighted by atomic mass is 9.78. The van der Waals surface area contributed by atoms with Gasteiger partial charge in [-0.1, -0.05) is 84.9 Å². The van der Waals surface area contributed by atoms with E-state index in [9.17, 15) is 5.11 Å². The number of nitrogens with one attached hydrogen (secondary N) is 1. The van der Waals surface area contributed by atoms with Gasteiger partial charge in [-0.15, -0.1) is 0 Å². The summed E-state index contributed by atoms with van der Waals surface area (Å²) in [7, 11) is 0. The molecule has 4 aromatic rings. The van der Waals surface area contributed by atoms with E-state index >= 15 is 0 Å². The van der Waals surface area contributed by atoms with Crippen molar-refractivity contribution in [3.63, 3.8) is 0 Å². The van der Waals surface area contributed by atoms with Crippen LogP contribution in [0.5, 0.6) is 5.75 Å². The Labute approximate surface area is 170 Å². The maximum atomic E-state index is 9.81. The Morgan fingerprint density at radius 2 is 1.24 bits per heavy atom. The van der Waals surface area contributed by atoms with Gasteiger partial charge in [0.1, 0.15) is 18.1 Å². The average molecular weight is 379 g/mol. The van der Waals surface area contributed by atoms with Crippen molar-refractivity contribution >= 4 is 5.69 Å². The van der Waals surface area contributed by atoms with Crippen LogP contribution in [0.25, 0.3) is 11.1 Å². The smallest absolute Gasteiger partial charge is 0.148 e. The molecule has 0 aromatic heterocycles. The molecular formula is C26H21NO2. The summed E-state index contributed by atoms with van der Waals surface area (Å²) in [4.78, 5) is 0. The first kappa shape index (κ1) is 17.5. The lowest BCUT2D eigenvalue weighted by molar-refractivity contribution is 0.0177. The summed E-state index contributed by atoms with van der Waals surface area (Å²) in [5, 5.41) is 13.1. The standard InChI is InChI=1S/C26H21NO2/c28-23-16-14-22(15-17-23)26(24-8-4-5-9-25(24)27-18-29-26)21-12-10-20(11-13-21)19-6-2-1-3-7-19/h1-17,27-28H,18H2. The molecule has 0 radical (unpaired) electrons. The Balaban J connectivity index is 1.69. The average Bonchev–Trinajstić information content (AvgIpc) is 2.80. The molecule has 0 aliphatic carbocycles. The molecule has 0 amide bonds. The number of hydrogen-bond acceptors (Lipinski definition) is 3. The van der Waals surface area contributed by atoms with Gasteiger partial charge in [0.2, 0.25) is 0 Å². The van der Waals surface area contributed by atoms with Crippen LogP contribution in [0.4, 0.5) is 5.69 Å². The molecule has 0 bridgehead atoms. The summed E-state index contributed by atoms with van der Waals surface area (Å²) >= 11 is 0. The summed E-state index contributed by atoms with van der Waals surface area (Å²) in [5.41, 5.74) is 5.75. The van der Waals surface area contributed by atoms with Gasteiger partial charge in [-0.25, -0.2) is 0 Å². The molecule has 1 heterocycles. The molecule has 29 heavy (non-hydrogen) atoms. The lowest BCUT2D eigenvalue weighted by Crippen LogP contribution is -2.39. The van der Waals surface area contributed by atoms with Crippen LogP contribution in [0.2, 0.25) is 0 Å². The molecule has 4 aromatic carbocycles. The van der Waals surface area contributed by atoms with Gasteiger partial charge < -0.3 is 15.2 Å². The zero-order chi connectivity index (χ0) is 19.7. The Kier molecular flexibility index (Phi) is 4.30. The summed E-state index contributed by atoms with van der Waals surface area (Å²) in [6.07, 6.45) is 0. The highest BCUT2D eigenvalue weighted by Gasteiger charge is 2.41. The third-order valence-corrected chi connectivity index (χ3v) is 5.53. The van der Waals surface area contributed by atoms with Crippen molar-refractivity contribution in [2.45, 2.75) is 5.60 Å². The number of ether oxygens (including phenoxy) is 1. The zero-order valence-electron chi connectivity index (χ0n) is 15.9. The molecule has 1 atom stereocenters. The normalized spacial score (nSPS) is 17.9. The van der Waals surface area contributed by atoms with Crippen molar-refractivity contribution < 1.29 is 9.84 Å². The second-order valence-electron chi connectivity index (χ2n) is 7.18. The van der Waals surface area contributed by atoms with Gasteiger partial charge in [-0.3, -0.25) is 0 Å². The molecule has 0 spiro atoms. The number of para-hydroxylation sites is 1. The number of hydrogen-bond donors (Lipinski definition) is 2. The number of fused-ring (bicyclic) bond motifs is 1. The minimum Gasteiger partial charge on any atom is -0.508 e. The van der Waals surface area contributed by atoms with Gasteiger partial charge in [0.05, 0.1) is 0 Å². The number of rotatable bonds is 3. The summed E-state index contributed by atoms with van der Waals surface area (Å²) in [6, 6.07) is 34.4. The van der Waals surface area contributed by atoms with Crippen molar-refractivity contribution in [2.75, 3.05) is 12.0 Å². The fourth-order valence-electron chi connectivity index (χ4n) is 4.11. The van der Waals surface area contributed by atoms with E-state index in [4.69, 9.17) is 4.74 Å². The van der Waals surface area contributed by atoms with Gasteiger partial charge in [0.15, 0.2) is 0 Å². The maximum absolute atomic E-state index is 9.81. The number of phenolic OH excluding ortho intramolecular Hbond substituents is 1. The monoisotopic (exact) mass is 379 g/mol. The van der Waals surface area contributed by atoms with Crippen LogP contribution in [-0.4, -0.2) is 11.8 Å². The zero-order valence-corrected chi connectivity index (χ0v) is 15.9. The van der Waals surface area contributed by atoms with E-state index < -0.39 is 5.60 Å². The Bertz CT molecular complexity index is 1120. The Morgan fingerprint density at radius 1 is 0.655 bits per heavy atom. The highest BCUT2D eigenvalue weighted by atomic mass is 16.5. The van der Waals surface area contributed by atoms with Gasteiger partial charge in [-0.05, 0) is 40.5 Å². The fourth-order valence-corrected chi connectivity index (χ4v) is 4.11. The van der Waals surface area contributed by atoms with Gasteiger partial charge in [0.25, 0.3) is 0 Å². The van der Waals surface area contributed by atoms with Crippen LogP contribution in [0.3, 0.4) is 0 Å². The van der Waals surface area contributed by atoms with Gasteiger partial charge in [0, 0.05) is 11.3 Å².